The third-order valence-corrected chi connectivity index (χ3v) is 4.87. The number of carbonyl (C=O) groups is 1. The van der Waals surface area contributed by atoms with E-state index >= 15 is 0 Å². The van der Waals surface area contributed by atoms with Crippen molar-refractivity contribution in [2.24, 2.45) is 0 Å². The first-order chi connectivity index (χ1) is 14.0. The van der Waals surface area contributed by atoms with Crippen molar-refractivity contribution >= 4 is 11.5 Å². The molecule has 2 aromatic carbocycles. The van der Waals surface area contributed by atoms with Gasteiger partial charge in [0.15, 0.2) is 5.79 Å². The predicted molar refractivity (Wildman–Crippen MR) is 108 cm³/mol. The zero-order chi connectivity index (χ0) is 20.9. The van der Waals surface area contributed by atoms with Crippen LogP contribution in [0, 0.1) is 6.92 Å². The molecule has 0 aromatic heterocycles. The van der Waals surface area contributed by atoms with Gasteiger partial charge in [0, 0.05) is 5.56 Å². The number of aryl methyl sites for hydroxylation is 1. The van der Waals surface area contributed by atoms with Gasteiger partial charge in [-0.3, -0.25) is 0 Å². The SMILES string of the molecule is COC=C(C(=O)OC)c1ccccc1COc1ccc(C2(C)OCCO2)cc1C. The number of hydrogen-bond acceptors (Lipinski definition) is 6. The van der Waals surface area contributed by atoms with Gasteiger partial charge in [0.05, 0.1) is 33.7 Å². The molecule has 3 rings (SSSR count). The van der Waals surface area contributed by atoms with E-state index < -0.39 is 11.8 Å². The third kappa shape index (κ3) is 4.60. The van der Waals surface area contributed by atoms with Crippen molar-refractivity contribution in [2.75, 3.05) is 27.4 Å². The second-order valence-electron chi connectivity index (χ2n) is 6.83. The average molecular weight is 398 g/mol. The van der Waals surface area contributed by atoms with Crippen molar-refractivity contribution in [3.8, 4) is 5.75 Å². The van der Waals surface area contributed by atoms with Crippen molar-refractivity contribution in [2.45, 2.75) is 26.2 Å². The van der Waals surface area contributed by atoms with E-state index in [1.54, 1.807) is 0 Å². The van der Waals surface area contributed by atoms with Crippen LogP contribution in [0.3, 0.4) is 0 Å². The Hall–Kier alpha value is -2.83. The minimum atomic E-state index is -0.712. The molecule has 1 aliphatic heterocycles. The van der Waals surface area contributed by atoms with Crippen molar-refractivity contribution in [3.05, 3.63) is 71.0 Å². The Kier molecular flexibility index (Phi) is 6.56. The highest BCUT2D eigenvalue weighted by Gasteiger charge is 2.33. The molecule has 154 valence electrons. The van der Waals surface area contributed by atoms with Gasteiger partial charge < -0.3 is 23.7 Å². The van der Waals surface area contributed by atoms with Crippen LogP contribution in [0.5, 0.6) is 5.75 Å². The van der Waals surface area contributed by atoms with Crippen LogP contribution < -0.4 is 4.74 Å². The van der Waals surface area contributed by atoms with Gasteiger partial charge >= 0.3 is 5.97 Å². The zero-order valence-corrected chi connectivity index (χ0v) is 17.2. The number of hydrogen-bond donors (Lipinski definition) is 0. The summed E-state index contributed by atoms with van der Waals surface area (Å²) in [5, 5.41) is 0. The fourth-order valence-electron chi connectivity index (χ4n) is 3.29. The van der Waals surface area contributed by atoms with E-state index in [-0.39, 0.29) is 0 Å². The molecule has 0 N–H and O–H groups in total. The number of carbonyl (C=O) groups excluding carboxylic acids is 1. The molecule has 0 spiro atoms. The first-order valence-electron chi connectivity index (χ1n) is 9.40. The van der Waals surface area contributed by atoms with E-state index in [2.05, 4.69) is 0 Å². The summed E-state index contributed by atoms with van der Waals surface area (Å²) in [4.78, 5) is 12.1. The van der Waals surface area contributed by atoms with E-state index in [4.69, 9.17) is 23.7 Å². The lowest BCUT2D eigenvalue weighted by molar-refractivity contribution is -0.149. The maximum atomic E-state index is 12.1. The molecule has 1 aliphatic rings. The minimum absolute atomic E-state index is 0.290. The molecule has 1 fully saturated rings. The van der Waals surface area contributed by atoms with Crippen LogP contribution in [-0.4, -0.2) is 33.4 Å². The van der Waals surface area contributed by atoms with E-state index in [9.17, 15) is 4.79 Å². The maximum absolute atomic E-state index is 12.1. The molecule has 0 saturated carbocycles. The van der Waals surface area contributed by atoms with Gasteiger partial charge in [0.2, 0.25) is 0 Å². The van der Waals surface area contributed by atoms with Crippen LogP contribution in [0.4, 0.5) is 0 Å². The number of methoxy groups -OCH3 is 2. The molecule has 1 saturated heterocycles. The quantitative estimate of drug-likeness (QED) is 0.400. The summed E-state index contributed by atoms with van der Waals surface area (Å²) in [6, 6.07) is 13.4. The lowest BCUT2D eigenvalue weighted by Crippen LogP contribution is -2.22. The molecule has 1 heterocycles. The monoisotopic (exact) mass is 398 g/mol. The summed E-state index contributed by atoms with van der Waals surface area (Å²) in [7, 11) is 2.83. The Balaban J connectivity index is 1.80. The van der Waals surface area contributed by atoms with Gasteiger partial charge in [-0.25, -0.2) is 4.79 Å². The lowest BCUT2D eigenvalue weighted by atomic mass is 10.0. The summed E-state index contributed by atoms with van der Waals surface area (Å²) >= 11 is 0. The second-order valence-corrected chi connectivity index (χ2v) is 6.83. The normalized spacial score (nSPS) is 15.8. The third-order valence-electron chi connectivity index (χ3n) is 4.87. The molecule has 2 aromatic rings. The molecule has 0 bridgehead atoms. The molecule has 29 heavy (non-hydrogen) atoms. The topological polar surface area (TPSA) is 63.2 Å². The Morgan fingerprint density at radius 3 is 2.52 bits per heavy atom. The fraction of sp³-hybridized carbons (Fsp3) is 0.348. The number of esters is 1. The fourth-order valence-corrected chi connectivity index (χ4v) is 3.29. The molecule has 6 nitrogen and oxygen atoms in total. The Morgan fingerprint density at radius 2 is 1.86 bits per heavy atom. The Labute approximate surface area is 171 Å². The number of ether oxygens (including phenoxy) is 5. The van der Waals surface area contributed by atoms with Crippen molar-refractivity contribution in [1.29, 1.82) is 0 Å². The van der Waals surface area contributed by atoms with Crippen LogP contribution in [0.2, 0.25) is 0 Å². The van der Waals surface area contributed by atoms with E-state index in [1.165, 1.54) is 20.5 Å². The van der Waals surface area contributed by atoms with Gasteiger partial charge in [0.1, 0.15) is 17.9 Å². The maximum Gasteiger partial charge on any atom is 0.341 e. The summed E-state index contributed by atoms with van der Waals surface area (Å²) in [5.74, 6) is -0.430. The Bertz CT molecular complexity index is 896. The van der Waals surface area contributed by atoms with Crippen LogP contribution in [0.15, 0.2) is 48.7 Å². The van der Waals surface area contributed by atoms with Gasteiger partial charge in [-0.15, -0.1) is 0 Å². The zero-order valence-electron chi connectivity index (χ0n) is 17.2. The molecular formula is C23H26O6. The van der Waals surface area contributed by atoms with Crippen molar-refractivity contribution in [3.63, 3.8) is 0 Å². The highest BCUT2D eigenvalue weighted by Crippen LogP contribution is 2.33. The molecular weight excluding hydrogens is 372 g/mol. The first-order valence-corrected chi connectivity index (χ1v) is 9.40. The minimum Gasteiger partial charge on any atom is -0.503 e. The first kappa shape index (κ1) is 20.9. The summed E-state index contributed by atoms with van der Waals surface area (Å²) in [5.41, 5.74) is 3.82. The summed E-state index contributed by atoms with van der Waals surface area (Å²) in [6.07, 6.45) is 1.38. The van der Waals surface area contributed by atoms with Crippen LogP contribution in [0.1, 0.15) is 29.2 Å². The van der Waals surface area contributed by atoms with E-state index in [0.29, 0.717) is 31.0 Å². The lowest BCUT2D eigenvalue weighted by Gasteiger charge is -2.23. The smallest absolute Gasteiger partial charge is 0.341 e. The van der Waals surface area contributed by atoms with E-state index in [0.717, 1.165) is 22.4 Å². The van der Waals surface area contributed by atoms with Crippen LogP contribution in [0.25, 0.3) is 5.57 Å². The standard InChI is InChI=1S/C23H26O6/c1-16-13-18(23(2)28-11-12-29-23)9-10-21(16)27-14-17-7-5-6-8-19(17)20(15-25-3)22(24)26-4/h5-10,13,15H,11-12,14H2,1-4H3. The van der Waals surface area contributed by atoms with Crippen LogP contribution >= 0.6 is 0 Å². The highest BCUT2D eigenvalue weighted by atomic mass is 16.7. The second kappa shape index (κ2) is 9.11. The van der Waals surface area contributed by atoms with Gasteiger partial charge in [0.25, 0.3) is 0 Å². The largest absolute Gasteiger partial charge is 0.503 e. The summed E-state index contributed by atoms with van der Waals surface area (Å²) in [6.45, 7) is 5.36. The van der Waals surface area contributed by atoms with Crippen LogP contribution in [-0.2, 0) is 36.1 Å². The number of benzene rings is 2. The Morgan fingerprint density at radius 1 is 1.14 bits per heavy atom. The summed E-state index contributed by atoms with van der Waals surface area (Å²) < 4.78 is 27.4. The molecule has 0 atom stereocenters. The molecule has 6 heteroatoms. The van der Waals surface area contributed by atoms with Crippen molar-refractivity contribution < 1.29 is 28.5 Å². The highest BCUT2D eigenvalue weighted by molar-refractivity contribution is 6.16. The van der Waals surface area contributed by atoms with E-state index in [1.807, 2.05) is 56.3 Å². The molecule has 0 unspecified atom stereocenters. The van der Waals surface area contributed by atoms with Gasteiger partial charge in [-0.05, 0) is 48.7 Å². The molecule has 0 radical (unpaired) electrons. The van der Waals surface area contributed by atoms with Gasteiger partial charge in [-0.2, -0.15) is 0 Å². The average Bonchev–Trinajstić information content (AvgIpc) is 3.18. The molecule has 0 aliphatic carbocycles. The molecule has 0 amide bonds. The number of rotatable bonds is 7. The van der Waals surface area contributed by atoms with Crippen molar-refractivity contribution in [1.82, 2.24) is 0 Å². The predicted octanol–water partition coefficient (Wildman–Crippen LogP) is 3.95. The van der Waals surface area contributed by atoms with Gasteiger partial charge in [-0.1, -0.05) is 24.3 Å².